The number of carbonyl (C=O) groups excluding carboxylic acids is 1. The molecule has 0 spiro atoms. The van der Waals surface area contributed by atoms with Crippen molar-refractivity contribution in [1.82, 2.24) is 9.88 Å². The van der Waals surface area contributed by atoms with Crippen LogP contribution >= 0.6 is 0 Å². The highest BCUT2D eigenvalue weighted by Gasteiger charge is 2.42. The normalized spacial score (nSPS) is 20.8. The van der Waals surface area contributed by atoms with Gasteiger partial charge in [0.2, 0.25) is 0 Å². The molecule has 2 aliphatic carbocycles. The highest BCUT2D eigenvalue weighted by molar-refractivity contribution is 6.00. The summed E-state index contributed by atoms with van der Waals surface area (Å²) in [5.74, 6) is 1.13. The van der Waals surface area contributed by atoms with Gasteiger partial charge in [-0.05, 0) is 62.8 Å². The summed E-state index contributed by atoms with van der Waals surface area (Å²) in [6.07, 6.45) is 1.82. The van der Waals surface area contributed by atoms with Gasteiger partial charge in [-0.2, -0.15) is 13.2 Å². The lowest BCUT2D eigenvalue weighted by Gasteiger charge is -2.44. The Morgan fingerprint density at radius 1 is 1.03 bits per heavy atom. The number of nitrogens with one attached hydrogen (secondary N) is 1. The molecule has 0 saturated heterocycles. The van der Waals surface area contributed by atoms with Crippen molar-refractivity contribution in [2.75, 3.05) is 19.5 Å². The fourth-order valence-corrected chi connectivity index (χ4v) is 4.72. The molecule has 9 heteroatoms. The van der Waals surface area contributed by atoms with Crippen molar-refractivity contribution in [3.63, 3.8) is 0 Å². The van der Waals surface area contributed by atoms with E-state index < -0.39 is 11.7 Å². The predicted molar refractivity (Wildman–Crippen MR) is 118 cm³/mol. The van der Waals surface area contributed by atoms with Gasteiger partial charge in [0.1, 0.15) is 22.9 Å². The maximum Gasteiger partial charge on any atom is 0.417 e. The van der Waals surface area contributed by atoms with E-state index in [9.17, 15) is 18.0 Å². The summed E-state index contributed by atoms with van der Waals surface area (Å²) in [6, 6.07) is 7.51. The molecule has 6 nitrogen and oxygen atoms in total. The Morgan fingerprint density at radius 2 is 1.70 bits per heavy atom. The fourth-order valence-electron chi connectivity index (χ4n) is 4.72. The van der Waals surface area contributed by atoms with Gasteiger partial charge in [-0.1, -0.05) is 6.07 Å². The predicted octanol–water partition coefficient (Wildman–Crippen LogP) is 5.15. The van der Waals surface area contributed by atoms with Crippen LogP contribution in [0.25, 0.3) is 0 Å². The number of carbonyl (C=O) groups is 1. The average molecular weight is 464 g/mol. The van der Waals surface area contributed by atoms with Gasteiger partial charge in [0.25, 0.3) is 5.91 Å². The van der Waals surface area contributed by atoms with E-state index in [2.05, 4.69) is 10.3 Å². The topological polar surface area (TPSA) is 63.7 Å². The molecular weight excluding hydrogens is 435 g/mol. The number of hydrogen-bond acceptors (Lipinski definition) is 5. The summed E-state index contributed by atoms with van der Waals surface area (Å²) in [6.45, 7) is 0. The number of halogens is 3. The SMILES string of the molecule is COc1cccc(OC)c1C(=O)N(C1CCC1)C1CCC[C@@H]1Nc1ccc(C(F)(F)F)cn1. The Labute approximate surface area is 191 Å². The first kappa shape index (κ1) is 23.2. The van der Waals surface area contributed by atoms with Gasteiger partial charge in [-0.3, -0.25) is 4.79 Å². The number of rotatable bonds is 7. The van der Waals surface area contributed by atoms with Crippen molar-refractivity contribution in [2.24, 2.45) is 0 Å². The quantitative estimate of drug-likeness (QED) is 0.616. The Bertz CT molecular complexity index is 955. The van der Waals surface area contributed by atoms with Crippen molar-refractivity contribution in [3.05, 3.63) is 47.7 Å². The van der Waals surface area contributed by atoms with E-state index in [0.29, 0.717) is 22.9 Å². The van der Waals surface area contributed by atoms with Crippen molar-refractivity contribution in [2.45, 2.75) is 62.8 Å². The minimum Gasteiger partial charge on any atom is -0.496 e. The Balaban J connectivity index is 1.60. The van der Waals surface area contributed by atoms with E-state index in [4.69, 9.17) is 9.47 Å². The van der Waals surface area contributed by atoms with Gasteiger partial charge in [-0.25, -0.2) is 4.98 Å². The second kappa shape index (κ2) is 9.49. The van der Waals surface area contributed by atoms with E-state index >= 15 is 0 Å². The average Bonchev–Trinajstić information content (AvgIpc) is 3.22. The molecule has 0 radical (unpaired) electrons. The van der Waals surface area contributed by atoms with E-state index in [0.717, 1.165) is 50.8 Å². The third-order valence-electron chi connectivity index (χ3n) is 6.61. The highest BCUT2D eigenvalue weighted by Crippen LogP contribution is 2.38. The number of aromatic nitrogens is 1. The van der Waals surface area contributed by atoms with Crippen molar-refractivity contribution in [1.29, 1.82) is 0 Å². The number of hydrogen-bond donors (Lipinski definition) is 1. The van der Waals surface area contributed by atoms with Gasteiger partial charge in [0.05, 0.1) is 25.8 Å². The van der Waals surface area contributed by atoms with E-state index in [1.165, 1.54) is 20.3 Å². The van der Waals surface area contributed by atoms with Crippen molar-refractivity contribution < 1.29 is 27.4 Å². The molecule has 1 unspecified atom stereocenters. The van der Waals surface area contributed by atoms with E-state index in [-0.39, 0.29) is 24.0 Å². The van der Waals surface area contributed by atoms with Crippen LogP contribution in [0.3, 0.4) is 0 Å². The summed E-state index contributed by atoms with van der Waals surface area (Å²) < 4.78 is 49.6. The van der Waals surface area contributed by atoms with Gasteiger partial charge in [-0.15, -0.1) is 0 Å². The second-order valence-corrected chi connectivity index (χ2v) is 8.51. The molecule has 2 aliphatic rings. The van der Waals surface area contributed by atoms with Gasteiger partial charge in [0.15, 0.2) is 0 Å². The van der Waals surface area contributed by atoms with Crippen LogP contribution < -0.4 is 14.8 Å². The van der Waals surface area contributed by atoms with Crippen LogP contribution in [0.15, 0.2) is 36.5 Å². The molecule has 2 aromatic rings. The first-order valence-corrected chi connectivity index (χ1v) is 11.2. The lowest BCUT2D eigenvalue weighted by molar-refractivity contribution is -0.137. The number of pyridine rings is 1. The Hall–Kier alpha value is -2.97. The molecule has 1 amide bonds. The van der Waals surface area contributed by atoms with Gasteiger partial charge < -0.3 is 19.7 Å². The summed E-state index contributed by atoms with van der Waals surface area (Å²) in [7, 11) is 3.05. The number of anilines is 1. The molecule has 0 aliphatic heterocycles. The minimum atomic E-state index is -4.43. The third kappa shape index (κ3) is 4.72. The zero-order chi connectivity index (χ0) is 23.6. The Morgan fingerprint density at radius 3 is 2.21 bits per heavy atom. The fraction of sp³-hybridized carbons (Fsp3) is 0.500. The largest absolute Gasteiger partial charge is 0.496 e. The maximum atomic E-state index is 13.9. The van der Waals surface area contributed by atoms with Crippen LogP contribution in [0.4, 0.5) is 19.0 Å². The summed E-state index contributed by atoms with van der Waals surface area (Å²) in [5.41, 5.74) is -0.390. The first-order valence-electron chi connectivity index (χ1n) is 11.2. The van der Waals surface area contributed by atoms with Crippen molar-refractivity contribution in [3.8, 4) is 11.5 Å². The molecule has 178 valence electrons. The molecule has 2 atom stereocenters. The zero-order valence-corrected chi connectivity index (χ0v) is 18.7. The van der Waals surface area contributed by atoms with Gasteiger partial charge in [0, 0.05) is 18.3 Å². The van der Waals surface area contributed by atoms with Crippen LogP contribution in [0.5, 0.6) is 11.5 Å². The molecule has 1 aromatic heterocycles. The minimum absolute atomic E-state index is 0.110. The molecular formula is C24H28F3N3O3. The summed E-state index contributed by atoms with van der Waals surface area (Å²) in [4.78, 5) is 19.8. The molecule has 33 heavy (non-hydrogen) atoms. The lowest BCUT2D eigenvalue weighted by Crippen LogP contribution is -2.54. The van der Waals surface area contributed by atoms with E-state index in [1.807, 2.05) is 4.90 Å². The lowest BCUT2D eigenvalue weighted by atomic mass is 9.88. The molecule has 0 bridgehead atoms. The first-order chi connectivity index (χ1) is 15.8. The smallest absolute Gasteiger partial charge is 0.417 e. The number of nitrogens with zero attached hydrogens (tertiary/aromatic N) is 2. The van der Waals surface area contributed by atoms with E-state index in [1.54, 1.807) is 18.2 Å². The molecule has 1 aromatic carbocycles. The summed E-state index contributed by atoms with van der Waals surface area (Å²) >= 11 is 0. The molecule has 1 N–H and O–H groups in total. The standard InChI is InChI=1S/C24H28F3N3O3/c1-32-19-10-5-11-20(33-2)22(19)23(31)30(16-6-3-7-16)18-9-4-8-17(18)29-21-13-12-15(14-28-21)24(25,26)27/h5,10-14,16-18H,3-4,6-9H2,1-2H3,(H,28,29)/t17-,18?/m0/s1. The number of methoxy groups -OCH3 is 2. The number of benzene rings is 1. The number of ether oxygens (including phenoxy) is 2. The monoisotopic (exact) mass is 463 g/mol. The molecule has 4 rings (SSSR count). The zero-order valence-electron chi connectivity index (χ0n) is 18.7. The highest BCUT2D eigenvalue weighted by atomic mass is 19.4. The van der Waals surface area contributed by atoms with Crippen molar-refractivity contribution >= 4 is 11.7 Å². The number of alkyl halides is 3. The maximum absolute atomic E-state index is 13.9. The van der Waals surface area contributed by atoms with Crippen LogP contribution in [-0.2, 0) is 6.18 Å². The van der Waals surface area contributed by atoms with Crippen LogP contribution in [0.1, 0.15) is 54.4 Å². The number of amides is 1. The van der Waals surface area contributed by atoms with Crippen LogP contribution in [-0.4, -0.2) is 48.1 Å². The Kier molecular flexibility index (Phi) is 6.67. The van der Waals surface area contributed by atoms with Crippen LogP contribution in [0, 0.1) is 0 Å². The third-order valence-corrected chi connectivity index (χ3v) is 6.61. The molecule has 2 saturated carbocycles. The molecule has 1 heterocycles. The van der Waals surface area contributed by atoms with Crippen LogP contribution in [0.2, 0.25) is 0 Å². The second-order valence-electron chi connectivity index (χ2n) is 8.51. The molecule has 2 fully saturated rings. The summed E-state index contributed by atoms with van der Waals surface area (Å²) in [5, 5.41) is 3.28. The van der Waals surface area contributed by atoms with Gasteiger partial charge >= 0.3 is 6.18 Å².